The minimum atomic E-state index is 0.755. The first kappa shape index (κ1) is 11.3. The fraction of sp³-hybridized carbons (Fsp3) is 0.200. The summed E-state index contributed by atoms with van der Waals surface area (Å²) in [6.07, 6.45) is 10.5. The van der Waals surface area contributed by atoms with E-state index in [9.17, 15) is 0 Å². The second-order valence-electron chi connectivity index (χ2n) is 3.97. The molecule has 2 aromatic rings. The minimum absolute atomic E-state index is 0.755. The van der Waals surface area contributed by atoms with Crippen LogP contribution < -0.4 is 0 Å². The molecule has 0 aromatic carbocycles. The Kier molecular flexibility index (Phi) is 3.52. The molecule has 0 saturated heterocycles. The zero-order valence-corrected chi connectivity index (χ0v) is 9.85. The van der Waals surface area contributed by atoms with E-state index in [4.69, 9.17) is 6.42 Å². The SMILES string of the molecule is C#CCCc1ccnc(-c2cc(C)ccn2)c1. The Bertz CT molecular complexity index is 553. The monoisotopic (exact) mass is 222 g/mol. The van der Waals surface area contributed by atoms with Crippen LogP contribution in [0.5, 0.6) is 0 Å². The molecule has 0 aliphatic carbocycles. The molecule has 0 radical (unpaired) electrons. The fourth-order valence-electron chi connectivity index (χ4n) is 1.66. The summed E-state index contributed by atoms with van der Waals surface area (Å²) >= 11 is 0. The Morgan fingerprint density at radius 2 is 1.82 bits per heavy atom. The number of nitrogens with zero attached hydrogens (tertiary/aromatic N) is 2. The highest BCUT2D eigenvalue weighted by atomic mass is 14.8. The van der Waals surface area contributed by atoms with Gasteiger partial charge in [-0.15, -0.1) is 12.3 Å². The van der Waals surface area contributed by atoms with Crippen LogP contribution in [-0.2, 0) is 6.42 Å². The van der Waals surface area contributed by atoms with Crippen LogP contribution in [0.15, 0.2) is 36.7 Å². The van der Waals surface area contributed by atoms with Gasteiger partial charge in [0.2, 0.25) is 0 Å². The van der Waals surface area contributed by atoms with Crippen molar-refractivity contribution in [3.8, 4) is 23.7 Å². The van der Waals surface area contributed by atoms with Crippen LogP contribution in [0, 0.1) is 19.3 Å². The molecule has 0 fully saturated rings. The number of aromatic nitrogens is 2. The Labute approximate surface area is 102 Å². The molecule has 0 amide bonds. The Morgan fingerprint density at radius 3 is 2.53 bits per heavy atom. The molecule has 0 bridgehead atoms. The van der Waals surface area contributed by atoms with Gasteiger partial charge in [0.15, 0.2) is 0 Å². The van der Waals surface area contributed by atoms with Gasteiger partial charge < -0.3 is 0 Å². The van der Waals surface area contributed by atoms with E-state index in [1.807, 2.05) is 31.3 Å². The van der Waals surface area contributed by atoms with E-state index in [2.05, 4.69) is 22.0 Å². The molecule has 2 rings (SSSR count). The fourth-order valence-corrected chi connectivity index (χ4v) is 1.66. The Hall–Kier alpha value is -2.14. The van der Waals surface area contributed by atoms with E-state index in [1.165, 1.54) is 11.1 Å². The molecule has 0 N–H and O–H groups in total. The van der Waals surface area contributed by atoms with Crippen molar-refractivity contribution in [2.75, 3.05) is 0 Å². The summed E-state index contributed by atoms with van der Waals surface area (Å²) in [5.41, 5.74) is 4.21. The molecular weight excluding hydrogens is 208 g/mol. The maximum Gasteiger partial charge on any atom is 0.0888 e. The normalized spacial score (nSPS) is 9.88. The standard InChI is InChI=1S/C15H14N2/c1-3-4-5-13-7-9-17-15(11-13)14-10-12(2)6-8-16-14/h1,6-11H,4-5H2,2H3. The maximum absolute atomic E-state index is 5.27. The number of hydrogen-bond acceptors (Lipinski definition) is 2. The summed E-state index contributed by atoms with van der Waals surface area (Å²) in [4.78, 5) is 8.67. The van der Waals surface area contributed by atoms with Crippen LogP contribution in [0.1, 0.15) is 17.5 Å². The van der Waals surface area contributed by atoms with Gasteiger partial charge in [-0.2, -0.15) is 0 Å². The van der Waals surface area contributed by atoms with Crippen molar-refractivity contribution in [2.24, 2.45) is 0 Å². The lowest BCUT2D eigenvalue weighted by Crippen LogP contribution is -1.91. The van der Waals surface area contributed by atoms with E-state index < -0.39 is 0 Å². The van der Waals surface area contributed by atoms with Crippen molar-refractivity contribution in [1.29, 1.82) is 0 Å². The molecule has 0 unspecified atom stereocenters. The van der Waals surface area contributed by atoms with Crippen molar-refractivity contribution in [3.05, 3.63) is 47.8 Å². The smallest absolute Gasteiger partial charge is 0.0888 e. The van der Waals surface area contributed by atoms with Crippen LogP contribution in [-0.4, -0.2) is 9.97 Å². The number of aryl methyl sites for hydroxylation is 2. The van der Waals surface area contributed by atoms with E-state index in [1.54, 1.807) is 6.20 Å². The van der Waals surface area contributed by atoms with E-state index >= 15 is 0 Å². The maximum atomic E-state index is 5.27. The highest BCUT2D eigenvalue weighted by molar-refractivity contribution is 5.55. The van der Waals surface area contributed by atoms with Crippen LogP contribution in [0.25, 0.3) is 11.4 Å². The van der Waals surface area contributed by atoms with Gasteiger partial charge in [0.05, 0.1) is 11.4 Å². The van der Waals surface area contributed by atoms with Crippen molar-refractivity contribution < 1.29 is 0 Å². The first-order valence-electron chi connectivity index (χ1n) is 5.61. The third kappa shape index (κ3) is 2.92. The predicted octanol–water partition coefficient (Wildman–Crippen LogP) is 3.02. The molecule has 0 saturated carbocycles. The second kappa shape index (κ2) is 5.27. The molecule has 0 spiro atoms. The molecule has 17 heavy (non-hydrogen) atoms. The molecule has 2 aromatic heterocycles. The van der Waals surface area contributed by atoms with Gasteiger partial charge in [-0.1, -0.05) is 0 Å². The average Bonchev–Trinajstić information content (AvgIpc) is 2.37. The molecule has 2 heterocycles. The summed E-state index contributed by atoms with van der Waals surface area (Å²) in [6, 6.07) is 8.06. The van der Waals surface area contributed by atoms with Crippen LogP contribution in [0.3, 0.4) is 0 Å². The quantitative estimate of drug-likeness (QED) is 0.746. The number of hydrogen-bond donors (Lipinski definition) is 0. The Morgan fingerprint density at radius 1 is 1.12 bits per heavy atom. The van der Waals surface area contributed by atoms with Crippen LogP contribution in [0.2, 0.25) is 0 Å². The average molecular weight is 222 g/mol. The Balaban J connectivity index is 2.30. The summed E-state index contributed by atoms with van der Waals surface area (Å²) in [5.74, 6) is 2.65. The van der Waals surface area contributed by atoms with Gasteiger partial charge in [-0.05, 0) is 48.7 Å². The van der Waals surface area contributed by atoms with Crippen LogP contribution >= 0.6 is 0 Å². The number of rotatable bonds is 3. The van der Waals surface area contributed by atoms with Gasteiger partial charge in [0, 0.05) is 18.8 Å². The van der Waals surface area contributed by atoms with Crippen molar-refractivity contribution in [2.45, 2.75) is 19.8 Å². The highest BCUT2D eigenvalue weighted by Crippen LogP contribution is 2.16. The lowest BCUT2D eigenvalue weighted by Gasteiger charge is -2.03. The molecule has 0 aliphatic rings. The number of pyridine rings is 2. The van der Waals surface area contributed by atoms with Gasteiger partial charge in [0.25, 0.3) is 0 Å². The summed E-state index contributed by atoms with van der Waals surface area (Å²) in [7, 11) is 0. The van der Waals surface area contributed by atoms with Gasteiger partial charge in [-0.25, -0.2) is 0 Å². The third-order valence-electron chi connectivity index (χ3n) is 2.56. The first-order chi connectivity index (χ1) is 8.29. The zero-order valence-electron chi connectivity index (χ0n) is 9.85. The van der Waals surface area contributed by atoms with Crippen LogP contribution in [0.4, 0.5) is 0 Å². The van der Waals surface area contributed by atoms with Crippen molar-refractivity contribution in [1.82, 2.24) is 9.97 Å². The molecular formula is C15H14N2. The van der Waals surface area contributed by atoms with Crippen molar-refractivity contribution >= 4 is 0 Å². The lowest BCUT2D eigenvalue weighted by molar-refractivity contribution is 1.02. The van der Waals surface area contributed by atoms with E-state index in [-0.39, 0.29) is 0 Å². The van der Waals surface area contributed by atoms with E-state index in [0.29, 0.717) is 0 Å². The zero-order chi connectivity index (χ0) is 12.1. The highest BCUT2D eigenvalue weighted by Gasteiger charge is 2.02. The summed E-state index contributed by atoms with van der Waals surface area (Å²) in [5, 5.41) is 0. The topological polar surface area (TPSA) is 25.8 Å². The second-order valence-corrected chi connectivity index (χ2v) is 3.97. The molecule has 2 nitrogen and oxygen atoms in total. The predicted molar refractivity (Wildman–Crippen MR) is 69.4 cm³/mol. The van der Waals surface area contributed by atoms with Gasteiger partial charge in [0.1, 0.15) is 0 Å². The lowest BCUT2D eigenvalue weighted by atomic mass is 10.1. The summed E-state index contributed by atoms with van der Waals surface area (Å²) in [6.45, 7) is 2.05. The van der Waals surface area contributed by atoms with Gasteiger partial charge in [-0.3, -0.25) is 9.97 Å². The molecule has 0 aliphatic heterocycles. The minimum Gasteiger partial charge on any atom is -0.255 e. The first-order valence-corrected chi connectivity index (χ1v) is 5.61. The summed E-state index contributed by atoms with van der Waals surface area (Å²) < 4.78 is 0. The van der Waals surface area contributed by atoms with E-state index in [0.717, 1.165) is 24.2 Å². The number of terminal acetylenes is 1. The van der Waals surface area contributed by atoms with Crippen molar-refractivity contribution in [3.63, 3.8) is 0 Å². The molecule has 84 valence electrons. The third-order valence-corrected chi connectivity index (χ3v) is 2.56. The largest absolute Gasteiger partial charge is 0.255 e. The molecule has 0 atom stereocenters. The molecule has 2 heteroatoms. The van der Waals surface area contributed by atoms with Gasteiger partial charge >= 0.3 is 0 Å².